The summed E-state index contributed by atoms with van der Waals surface area (Å²) in [6.45, 7) is 0.477. The average Bonchev–Trinajstić information content (AvgIpc) is 2.61. The molecule has 0 radical (unpaired) electrons. The fourth-order valence-corrected chi connectivity index (χ4v) is 2.16. The molecule has 3 N–H and O–H groups in total. The highest BCUT2D eigenvalue weighted by Crippen LogP contribution is 2.22. The highest BCUT2D eigenvalue weighted by Gasteiger charge is 2.13. The van der Waals surface area contributed by atoms with Crippen LogP contribution < -0.4 is 10.5 Å². The quantitative estimate of drug-likeness (QED) is 0.749. The summed E-state index contributed by atoms with van der Waals surface area (Å²) >= 11 is 0. The minimum Gasteiger partial charge on any atom is -0.489 e. The lowest BCUT2D eigenvalue weighted by Gasteiger charge is -2.08. The van der Waals surface area contributed by atoms with E-state index in [2.05, 4.69) is 9.97 Å². The van der Waals surface area contributed by atoms with Crippen molar-refractivity contribution in [3.05, 3.63) is 72.1 Å². The second-order valence-electron chi connectivity index (χ2n) is 5.09. The Balaban J connectivity index is 1.75. The number of nitrogens with two attached hydrogens (primary N) is 1. The summed E-state index contributed by atoms with van der Waals surface area (Å²) in [6, 6.07) is 17.1. The molecule has 0 atom stereocenters. The number of carbonyl (C=O) groups is 1. The third-order valence-electron chi connectivity index (χ3n) is 3.40. The van der Waals surface area contributed by atoms with Gasteiger partial charge in [0.25, 0.3) is 0 Å². The number of benzene rings is 2. The van der Waals surface area contributed by atoms with Gasteiger partial charge in [0.1, 0.15) is 12.4 Å². The van der Waals surface area contributed by atoms with Crippen LogP contribution in [-0.2, 0) is 6.61 Å². The van der Waals surface area contributed by atoms with E-state index in [1.54, 1.807) is 24.3 Å². The number of hydrogen-bond donors (Lipinski definition) is 2. The van der Waals surface area contributed by atoms with Gasteiger partial charge in [-0.2, -0.15) is 0 Å². The first-order chi connectivity index (χ1) is 11.6. The van der Waals surface area contributed by atoms with E-state index >= 15 is 0 Å². The van der Waals surface area contributed by atoms with Crippen molar-refractivity contribution in [2.45, 2.75) is 6.61 Å². The molecule has 0 aliphatic carbocycles. The Bertz CT molecular complexity index is 849. The number of aromatic carboxylic acids is 1. The lowest BCUT2D eigenvalue weighted by atomic mass is 10.1. The van der Waals surface area contributed by atoms with E-state index in [0.29, 0.717) is 18.1 Å². The van der Waals surface area contributed by atoms with Crippen molar-refractivity contribution in [1.82, 2.24) is 9.97 Å². The smallest absolute Gasteiger partial charge is 0.358 e. The molecule has 2 aromatic carbocycles. The zero-order chi connectivity index (χ0) is 16.9. The van der Waals surface area contributed by atoms with E-state index in [4.69, 9.17) is 15.6 Å². The molecule has 0 unspecified atom stereocenters. The second kappa shape index (κ2) is 6.78. The Labute approximate surface area is 138 Å². The molecule has 120 valence electrons. The van der Waals surface area contributed by atoms with Gasteiger partial charge in [-0.15, -0.1) is 0 Å². The first-order valence-corrected chi connectivity index (χ1v) is 7.26. The molecule has 3 aromatic rings. The molecule has 24 heavy (non-hydrogen) atoms. The van der Waals surface area contributed by atoms with Crippen LogP contribution in [0.4, 0.5) is 5.82 Å². The molecule has 0 saturated carbocycles. The number of nitrogen functional groups attached to an aromatic ring is 1. The van der Waals surface area contributed by atoms with Crippen LogP contribution in [-0.4, -0.2) is 21.0 Å². The molecule has 6 heteroatoms. The van der Waals surface area contributed by atoms with Gasteiger partial charge >= 0.3 is 5.97 Å². The molecule has 6 nitrogen and oxygen atoms in total. The fraction of sp³-hybridized carbons (Fsp3) is 0.0556. The number of nitrogens with zero attached hydrogens (tertiary/aromatic N) is 2. The molecule has 1 heterocycles. The van der Waals surface area contributed by atoms with E-state index in [0.717, 1.165) is 11.1 Å². The summed E-state index contributed by atoms with van der Waals surface area (Å²) in [5.41, 5.74) is 7.52. The van der Waals surface area contributed by atoms with Gasteiger partial charge in [-0.3, -0.25) is 0 Å². The number of hydrogen-bond acceptors (Lipinski definition) is 5. The maximum absolute atomic E-state index is 11.1. The molecular formula is C18H15N3O3. The number of rotatable bonds is 5. The van der Waals surface area contributed by atoms with E-state index < -0.39 is 5.97 Å². The normalized spacial score (nSPS) is 10.3. The van der Waals surface area contributed by atoms with Gasteiger partial charge in [-0.05, 0) is 29.8 Å². The molecule has 0 amide bonds. The first-order valence-electron chi connectivity index (χ1n) is 7.26. The number of ether oxygens (including phenoxy) is 1. The second-order valence-corrected chi connectivity index (χ2v) is 5.09. The minimum atomic E-state index is -1.20. The number of carboxylic acids is 1. The molecule has 0 spiro atoms. The summed E-state index contributed by atoms with van der Waals surface area (Å²) < 4.78 is 5.71. The lowest BCUT2D eigenvalue weighted by molar-refractivity contribution is 0.0691. The van der Waals surface area contributed by atoms with Crippen molar-refractivity contribution < 1.29 is 14.6 Å². The third-order valence-corrected chi connectivity index (χ3v) is 3.40. The predicted molar refractivity (Wildman–Crippen MR) is 89.6 cm³/mol. The van der Waals surface area contributed by atoms with Crippen LogP contribution in [0, 0.1) is 0 Å². The number of aromatic nitrogens is 2. The molecule has 0 aliphatic rings. The average molecular weight is 321 g/mol. The molecule has 1 aromatic heterocycles. The maximum Gasteiger partial charge on any atom is 0.358 e. The van der Waals surface area contributed by atoms with Crippen LogP contribution in [0.3, 0.4) is 0 Å². The van der Waals surface area contributed by atoms with Crippen LogP contribution in [0.1, 0.15) is 16.1 Å². The van der Waals surface area contributed by atoms with Crippen molar-refractivity contribution in [2.75, 3.05) is 5.73 Å². The zero-order valence-electron chi connectivity index (χ0n) is 12.7. The summed E-state index contributed by atoms with van der Waals surface area (Å²) in [5.74, 6) is -0.594. The lowest BCUT2D eigenvalue weighted by Crippen LogP contribution is -2.08. The molecule has 0 aliphatic heterocycles. The van der Waals surface area contributed by atoms with Crippen molar-refractivity contribution in [2.24, 2.45) is 0 Å². The van der Waals surface area contributed by atoms with Gasteiger partial charge in [0, 0.05) is 5.56 Å². The zero-order valence-corrected chi connectivity index (χ0v) is 12.7. The van der Waals surface area contributed by atoms with Crippen LogP contribution in [0.2, 0.25) is 0 Å². The van der Waals surface area contributed by atoms with Gasteiger partial charge < -0.3 is 15.6 Å². The van der Waals surface area contributed by atoms with Crippen LogP contribution in [0.5, 0.6) is 5.75 Å². The van der Waals surface area contributed by atoms with Gasteiger partial charge in [-0.25, -0.2) is 14.8 Å². The van der Waals surface area contributed by atoms with Gasteiger partial charge in [0.15, 0.2) is 11.5 Å². The van der Waals surface area contributed by atoms with Crippen molar-refractivity contribution in [1.29, 1.82) is 0 Å². The Morgan fingerprint density at radius 2 is 1.79 bits per heavy atom. The fourth-order valence-electron chi connectivity index (χ4n) is 2.16. The van der Waals surface area contributed by atoms with Crippen molar-refractivity contribution >= 4 is 11.8 Å². The first kappa shape index (κ1) is 15.5. The predicted octanol–water partition coefficient (Wildman–Crippen LogP) is 3.00. The summed E-state index contributed by atoms with van der Waals surface area (Å²) in [7, 11) is 0. The maximum atomic E-state index is 11.1. The van der Waals surface area contributed by atoms with Crippen LogP contribution in [0.15, 0.2) is 60.8 Å². The van der Waals surface area contributed by atoms with Crippen LogP contribution in [0.25, 0.3) is 11.3 Å². The SMILES string of the molecule is Nc1ncc(-c2ccc(OCc3ccccc3)cc2)nc1C(=O)O. The Morgan fingerprint density at radius 3 is 2.46 bits per heavy atom. The molecule has 3 rings (SSSR count). The van der Waals surface area contributed by atoms with E-state index in [1.807, 2.05) is 30.3 Å². The monoisotopic (exact) mass is 321 g/mol. The number of anilines is 1. The molecule has 0 saturated heterocycles. The minimum absolute atomic E-state index is 0.103. The molecule has 0 fully saturated rings. The van der Waals surface area contributed by atoms with Crippen LogP contribution >= 0.6 is 0 Å². The summed E-state index contributed by atoms with van der Waals surface area (Å²) in [6.07, 6.45) is 1.45. The summed E-state index contributed by atoms with van der Waals surface area (Å²) in [4.78, 5) is 19.0. The van der Waals surface area contributed by atoms with E-state index in [9.17, 15) is 4.79 Å². The van der Waals surface area contributed by atoms with Crippen molar-refractivity contribution in [3.63, 3.8) is 0 Å². The third kappa shape index (κ3) is 3.49. The van der Waals surface area contributed by atoms with Gasteiger partial charge in [-0.1, -0.05) is 30.3 Å². The standard InChI is InChI=1S/C18H15N3O3/c19-17-16(18(22)23)21-15(10-20-17)13-6-8-14(9-7-13)24-11-12-4-2-1-3-5-12/h1-10H,11H2,(H2,19,20)(H,22,23). The Morgan fingerprint density at radius 1 is 1.08 bits per heavy atom. The summed E-state index contributed by atoms with van der Waals surface area (Å²) in [5, 5.41) is 9.06. The van der Waals surface area contributed by atoms with Gasteiger partial charge in [0.2, 0.25) is 0 Å². The Hall–Kier alpha value is -3.41. The molecule has 0 bridgehead atoms. The van der Waals surface area contributed by atoms with Crippen molar-refractivity contribution in [3.8, 4) is 17.0 Å². The number of carboxylic acid groups (broad SMARTS) is 1. The molecular weight excluding hydrogens is 306 g/mol. The van der Waals surface area contributed by atoms with Gasteiger partial charge in [0.05, 0.1) is 11.9 Å². The Kier molecular flexibility index (Phi) is 4.38. The topological polar surface area (TPSA) is 98.3 Å². The highest BCUT2D eigenvalue weighted by atomic mass is 16.5. The van der Waals surface area contributed by atoms with E-state index in [-0.39, 0.29) is 11.5 Å². The largest absolute Gasteiger partial charge is 0.489 e. The van der Waals surface area contributed by atoms with E-state index in [1.165, 1.54) is 6.20 Å². The highest BCUT2D eigenvalue weighted by molar-refractivity contribution is 5.90.